The van der Waals surface area contributed by atoms with Crippen molar-refractivity contribution in [3.63, 3.8) is 0 Å². The van der Waals surface area contributed by atoms with Gasteiger partial charge < -0.3 is 0 Å². The standard InChI is InChI=1S/C16H20NOP/c1-3-17(4-2)19(18,15-11-7-5-8-12-15)16-13-9-6-10-14-16/h5-14H,3-4H2,1-2H3. The Morgan fingerprint density at radius 3 is 1.47 bits per heavy atom. The lowest BCUT2D eigenvalue weighted by Gasteiger charge is -2.30. The van der Waals surface area contributed by atoms with Crippen molar-refractivity contribution in [1.29, 1.82) is 0 Å². The van der Waals surface area contributed by atoms with Crippen LogP contribution in [-0.4, -0.2) is 17.8 Å². The van der Waals surface area contributed by atoms with E-state index in [2.05, 4.69) is 18.5 Å². The van der Waals surface area contributed by atoms with Crippen molar-refractivity contribution in [2.75, 3.05) is 13.1 Å². The first-order valence-corrected chi connectivity index (χ1v) is 8.36. The van der Waals surface area contributed by atoms with Crippen molar-refractivity contribution >= 4 is 17.9 Å². The SMILES string of the molecule is CCN(CC)P(=O)(c1ccccc1)c1ccccc1. The highest BCUT2D eigenvalue weighted by Crippen LogP contribution is 2.46. The molecule has 100 valence electrons. The summed E-state index contributed by atoms with van der Waals surface area (Å²) < 4.78 is 15.8. The topological polar surface area (TPSA) is 20.3 Å². The molecule has 2 aromatic rings. The third-order valence-corrected chi connectivity index (χ3v) is 6.70. The fraction of sp³-hybridized carbons (Fsp3) is 0.250. The van der Waals surface area contributed by atoms with Crippen molar-refractivity contribution in [3.05, 3.63) is 60.7 Å². The smallest absolute Gasteiger partial charge is 0.207 e. The third kappa shape index (κ3) is 2.65. The first-order valence-electron chi connectivity index (χ1n) is 6.70. The summed E-state index contributed by atoms with van der Waals surface area (Å²) in [5.74, 6) is 0. The highest BCUT2D eigenvalue weighted by atomic mass is 31.2. The van der Waals surface area contributed by atoms with Crippen molar-refractivity contribution < 1.29 is 4.57 Å². The highest BCUT2D eigenvalue weighted by Gasteiger charge is 2.32. The lowest BCUT2D eigenvalue weighted by Crippen LogP contribution is -2.32. The second kappa shape index (κ2) is 6.18. The Bertz CT molecular complexity index is 506. The molecule has 0 aliphatic carbocycles. The molecule has 19 heavy (non-hydrogen) atoms. The van der Waals surface area contributed by atoms with Crippen LogP contribution in [0.1, 0.15) is 13.8 Å². The van der Waals surface area contributed by atoms with Crippen LogP contribution in [-0.2, 0) is 4.57 Å². The van der Waals surface area contributed by atoms with Crippen LogP contribution in [0.5, 0.6) is 0 Å². The van der Waals surface area contributed by atoms with Gasteiger partial charge in [-0.05, 0) is 24.3 Å². The Balaban J connectivity index is 2.61. The molecule has 2 rings (SSSR count). The molecule has 0 atom stereocenters. The van der Waals surface area contributed by atoms with Gasteiger partial charge in [0.05, 0.1) is 0 Å². The predicted molar refractivity (Wildman–Crippen MR) is 82.7 cm³/mol. The van der Waals surface area contributed by atoms with E-state index in [1.54, 1.807) is 0 Å². The summed E-state index contributed by atoms with van der Waals surface area (Å²) in [6, 6.07) is 19.6. The first kappa shape index (κ1) is 14.0. The second-order valence-corrected chi connectivity index (χ2v) is 7.14. The van der Waals surface area contributed by atoms with Crippen molar-refractivity contribution in [1.82, 2.24) is 4.67 Å². The summed E-state index contributed by atoms with van der Waals surface area (Å²) in [5, 5.41) is 1.81. The fourth-order valence-corrected chi connectivity index (χ4v) is 5.26. The molecule has 0 N–H and O–H groups in total. The molecular weight excluding hydrogens is 253 g/mol. The lowest BCUT2D eigenvalue weighted by atomic mass is 10.4. The van der Waals surface area contributed by atoms with Crippen LogP contribution in [0.3, 0.4) is 0 Å². The fourth-order valence-electron chi connectivity index (χ4n) is 2.36. The van der Waals surface area contributed by atoms with E-state index in [0.717, 1.165) is 23.7 Å². The van der Waals surface area contributed by atoms with Crippen LogP contribution in [0.2, 0.25) is 0 Å². The Hall–Kier alpha value is -1.37. The molecule has 0 saturated carbocycles. The molecule has 0 radical (unpaired) electrons. The zero-order valence-electron chi connectivity index (χ0n) is 11.5. The number of nitrogens with zero attached hydrogens (tertiary/aromatic N) is 1. The zero-order chi connectivity index (χ0) is 13.7. The molecule has 0 aromatic heterocycles. The van der Waals surface area contributed by atoms with E-state index < -0.39 is 7.29 Å². The van der Waals surface area contributed by atoms with Crippen LogP contribution in [0.25, 0.3) is 0 Å². The van der Waals surface area contributed by atoms with Crippen LogP contribution in [0, 0.1) is 0 Å². The number of hydrogen-bond donors (Lipinski definition) is 0. The number of rotatable bonds is 5. The molecule has 0 heterocycles. The Morgan fingerprint density at radius 2 is 1.16 bits per heavy atom. The number of hydrogen-bond acceptors (Lipinski definition) is 1. The largest absolute Gasteiger partial charge is 0.296 e. The van der Waals surface area contributed by atoms with Gasteiger partial charge in [-0.3, -0.25) is 4.57 Å². The maximum Gasteiger partial charge on any atom is 0.207 e. The van der Waals surface area contributed by atoms with Gasteiger partial charge in [-0.15, -0.1) is 0 Å². The lowest BCUT2D eigenvalue weighted by molar-refractivity contribution is 0.458. The van der Waals surface area contributed by atoms with Gasteiger partial charge >= 0.3 is 0 Å². The Morgan fingerprint density at radius 1 is 0.789 bits per heavy atom. The van der Waals surface area contributed by atoms with E-state index in [0.29, 0.717) is 0 Å². The van der Waals surface area contributed by atoms with Crippen LogP contribution in [0.4, 0.5) is 0 Å². The molecule has 0 bridgehead atoms. The molecule has 0 amide bonds. The molecule has 2 aromatic carbocycles. The van der Waals surface area contributed by atoms with Gasteiger partial charge in [0, 0.05) is 23.7 Å². The quantitative estimate of drug-likeness (QED) is 0.779. The van der Waals surface area contributed by atoms with Gasteiger partial charge in [-0.25, -0.2) is 4.67 Å². The Labute approximate surface area is 115 Å². The van der Waals surface area contributed by atoms with E-state index in [-0.39, 0.29) is 0 Å². The van der Waals surface area contributed by atoms with Crippen LogP contribution < -0.4 is 10.6 Å². The van der Waals surface area contributed by atoms with Crippen molar-refractivity contribution in [2.45, 2.75) is 13.8 Å². The van der Waals surface area contributed by atoms with Crippen LogP contribution in [0.15, 0.2) is 60.7 Å². The molecule has 0 aliphatic rings. The van der Waals surface area contributed by atoms with Gasteiger partial charge in [0.25, 0.3) is 0 Å². The maximum atomic E-state index is 13.7. The highest BCUT2D eigenvalue weighted by molar-refractivity contribution is 7.76. The molecule has 3 heteroatoms. The first-order chi connectivity index (χ1) is 9.23. The average molecular weight is 273 g/mol. The summed E-state index contributed by atoms with van der Waals surface area (Å²) >= 11 is 0. The molecular formula is C16H20NOP. The maximum absolute atomic E-state index is 13.7. The zero-order valence-corrected chi connectivity index (χ0v) is 12.4. The number of benzene rings is 2. The normalized spacial score (nSPS) is 11.7. The minimum absolute atomic E-state index is 0.775. The molecule has 0 unspecified atom stereocenters. The van der Waals surface area contributed by atoms with Gasteiger partial charge in [0.1, 0.15) is 0 Å². The summed E-state index contributed by atoms with van der Waals surface area (Å²) in [6.07, 6.45) is 0. The van der Waals surface area contributed by atoms with E-state index >= 15 is 0 Å². The van der Waals surface area contributed by atoms with E-state index in [1.807, 2.05) is 60.7 Å². The van der Waals surface area contributed by atoms with Crippen molar-refractivity contribution in [2.24, 2.45) is 0 Å². The van der Waals surface area contributed by atoms with Gasteiger partial charge in [0.2, 0.25) is 7.29 Å². The monoisotopic (exact) mass is 273 g/mol. The summed E-state index contributed by atoms with van der Waals surface area (Å²) in [7, 11) is -2.70. The summed E-state index contributed by atoms with van der Waals surface area (Å²) in [4.78, 5) is 0. The van der Waals surface area contributed by atoms with Gasteiger partial charge in [-0.1, -0.05) is 50.2 Å². The molecule has 0 fully saturated rings. The van der Waals surface area contributed by atoms with E-state index in [9.17, 15) is 4.57 Å². The van der Waals surface area contributed by atoms with E-state index in [1.165, 1.54) is 0 Å². The summed E-state index contributed by atoms with van der Waals surface area (Å²) in [6.45, 7) is 5.67. The summed E-state index contributed by atoms with van der Waals surface area (Å²) in [5.41, 5.74) is 0. The minimum atomic E-state index is -2.70. The molecule has 2 nitrogen and oxygen atoms in total. The minimum Gasteiger partial charge on any atom is -0.296 e. The molecule has 0 saturated heterocycles. The van der Waals surface area contributed by atoms with Crippen LogP contribution >= 0.6 is 7.29 Å². The van der Waals surface area contributed by atoms with Crippen molar-refractivity contribution in [3.8, 4) is 0 Å². The Kier molecular flexibility index (Phi) is 4.57. The molecule has 0 aliphatic heterocycles. The molecule has 0 spiro atoms. The van der Waals surface area contributed by atoms with Gasteiger partial charge in [-0.2, -0.15) is 0 Å². The third-order valence-electron chi connectivity index (χ3n) is 3.34. The van der Waals surface area contributed by atoms with E-state index in [4.69, 9.17) is 0 Å². The predicted octanol–water partition coefficient (Wildman–Crippen LogP) is 3.26. The van der Waals surface area contributed by atoms with Gasteiger partial charge in [0.15, 0.2) is 0 Å². The average Bonchev–Trinajstić information content (AvgIpc) is 2.50. The second-order valence-electron chi connectivity index (χ2n) is 4.39.